The highest BCUT2D eigenvalue weighted by Crippen LogP contribution is 2.34. The molecule has 0 aliphatic heterocycles. The molecule has 1 aliphatic carbocycles. The number of primary amides is 1. The minimum absolute atomic E-state index is 0.00989. The van der Waals surface area contributed by atoms with E-state index in [0.29, 0.717) is 22.7 Å². The molecule has 3 aromatic rings. The summed E-state index contributed by atoms with van der Waals surface area (Å²) in [7, 11) is 3.82. The van der Waals surface area contributed by atoms with E-state index in [0.717, 1.165) is 36.0 Å². The van der Waals surface area contributed by atoms with Gasteiger partial charge in [0.1, 0.15) is 11.3 Å². The van der Waals surface area contributed by atoms with E-state index in [-0.39, 0.29) is 11.8 Å². The quantitative estimate of drug-likeness (QED) is 0.671. The van der Waals surface area contributed by atoms with Crippen molar-refractivity contribution in [3.63, 3.8) is 0 Å². The maximum absolute atomic E-state index is 12.3. The van der Waals surface area contributed by atoms with Gasteiger partial charge in [-0.25, -0.2) is 9.97 Å². The number of amides is 2. The number of pyridine rings is 1. The summed E-state index contributed by atoms with van der Waals surface area (Å²) in [4.78, 5) is 34.9. The Balaban J connectivity index is 1.77. The second-order valence-electron chi connectivity index (χ2n) is 7.44. The van der Waals surface area contributed by atoms with Crippen molar-refractivity contribution in [3.05, 3.63) is 41.7 Å². The van der Waals surface area contributed by atoms with E-state index in [1.165, 1.54) is 0 Å². The number of carbonyl (C=O) groups excluding carboxylic acids is 2. The van der Waals surface area contributed by atoms with Crippen LogP contribution < -0.4 is 16.0 Å². The van der Waals surface area contributed by atoms with Crippen molar-refractivity contribution < 1.29 is 9.59 Å². The standard InChI is InChI=1S/C21H24N6O2/c1-4-12-9-14(19(22)28)7-8-15(12)27(3)17-10-16-18(23-11-26(16)2)20(24-17)25-21(29)13-5-6-13/h7-11,13H,4-6H2,1-3H3,(H2,22,28)(H,24,25,29). The average molecular weight is 392 g/mol. The molecule has 1 saturated carbocycles. The third kappa shape index (κ3) is 3.53. The lowest BCUT2D eigenvalue weighted by Gasteiger charge is -2.23. The van der Waals surface area contributed by atoms with Gasteiger partial charge in [-0.15, -0.1) is 0 Å². The summed E-state index contributed by atoms with van der Waals surface area (Å²) in [5.74, 6) is 0.755. The summed E-state index contributed by atoms with van der Waals surface area (Å²) in [6.45, 7) is 2.02. The molecule has 0 spiro atoms. The van der Waals surface area contributed by atoms with E-state index in [4.69, 9.17) is 10.7 Å². The lowest BCUT2D eigenvalue weighted by atomic mass is 10.0. The topological polar surface area (TPSA) is 106 Å². The molecule has 2 heterocycles. The summed E-state index contributed by atoms with van der Waals surface area (Å²) in [6.07, 6.45) is 4.29. The van der Waals surface area contributed by atoms with Crippen molar-refractivity contribution in [1.82, 2.24) is 14.5 Å². The van der Waals surface area contributed by atoms with E-state index in [1.54, 1.807) is 12.4 Å². The van der Waals surface area contributed by atoms with Gasteiger partial charge in [-0.2, -0.15) is 0 Å². The zero-order chi connectivity index (χ0) is 20.7. The van der Waals surface area contributed by atoms with Crippen LogP contribution in [0.5, 0.6) is 0 Å². The van der Waals surface area contributed by atoms with Crippen LogP contribution in [0.3, 0.4) is 0 Å². The van der Waals surface area contributed by atoms with Crippen LogP contribution in [0, 0.1) is 5.92 Å². The normalized spacial score (nSPS) is 13.5. The number of nitrogens with two attached hydrogens (primary N) is 1. The van der Waals surface area contributed by atoms with Crippen LogP contribution in [-0.2, 0) is 18.3 Å². The largest absolute Gasteiger partial charge is 0.366 e. The molecule has 0 atom stereocenters. The van der Waals surface area contributed by atoms with Crippen molar-refractivity contribution >= 4 is 40.2 Å². The Bertz CT molecular complexity index is 1120. The number of fused-ring (bicyclic) bond motifs is 1. The molecule has 3 N–H and O–H groups in total. The zero-order valence-corrected chi connectivity index (χ0v) is 16.8. The minimum atomic E-state index is -0.451. The fourth-order valence-electron chi connectivity index (χ4n) is 3.41. The fraction of sp³-hybridized carbons (Fsp3) is 0.333. The molecular formula is C21H24N6O2. The SMILES string of the molecule is CCc1cc(C(N)=O)ccc1N(C)c1cc2c(ncn2C)c(NC(=O)C2CC2)n1. The van der Waals surface area contributed by atoms with Gasteiger partial charge in [0, 0.05) is 37.3 Å². The van der Waals surface area contributed by atoms with Gasteiger partial charge >= 0.3 is 0 Å². The van der Waals surface area contributed by atoms with E-state index < -0.39 is 5.91 Å². The number of nitrogens with zero attached hydrogens (tertiary/aromatic N) is 4. The van der Waals surface area contributed by atoms with Gasteiger partial charge in [-0.3, -0.25) is 9.59 Å². The van der Waals surface area contributed by atoms with E-state index in [9.17, 15) is 9.59 Å². The van der Waals surface area contributed by atoms with E-state index in [1.807, 2.05) is 48.7 Å². The Morgan fingerprint density at radius 3 is 2.72 bits per heavy atom. The van der Waals surface area contributed by atoms with Crippen LogP contribution in [0.15, 0.2) is 30.6 Å². The number of aromatic nitrogens is 3. The Hall–Kier alpha value is -3.42. The summed E-state index contributed by atoms with van der Waals surface area (Å²) in [6, 6.07) is 7.34. The number of hydrogen-bond donors (Lipinski definition) is 2. The van der Waals surface area contributed by atoms with Gasteiger partial charge in [0.05, 0.1) is 11.8 Å². The number of hydrogen-bond acceptors (Lipinski definition) is 5. The molecular weight excluding hydrogens is 368 g/mol. The minimum Gasteiger partial charge on any atom is -0.366 e. The van der Waals surface area contributed by atoms with Crippen molar-refractivity contribution in [2.45, 2.75) is 26.2 Å². The third-order valence-corrected chi connectivity index (χ3v) is 5.34. The van der Waals surface area contributed by atoms with Crippen LogP contribution in [0.2, 0.25) is 0 Å². The van der Waals surface area contributed by atoms with Crippen LogP contribution in [0.4, 0.5) is 17.3 Å². The summed E-state index contributed by atoms with van der Waals surface area (Å²) < 4.78 is 1.90. The first-order valence-corrected chi connectivity index (χ1v) is 9.68. The Kier molecular flexibility index (Phi) is 4.70. The molecule has 0 saturated heterocycles. The van der Waals surface area contributed by atoms with Crippen molar-refractivity contribution in [2.24, 2.45) is 18.7 Å². The fourth-order valence-corrected chi connectivity index (χ4v) is 3.41. The molecule has 1 fully saturated rings. The number of aryl methyl sites for hydroxylation is 2. The second-order valence-corrected chi connectivity index (χ2v) is 7.44. The van der Waals surface area contributed by atoms with Crippen molar-refractivity contribution in [2.75, 3.05) is 17.3 Å². The zero-order valence-electron chi connectivity index (χ0n) is 16.8. The second kappa shape index (κ2) is 7.20. The number of nitrogens with one attached hydrogen (secondary N) is 1. The average Bonchev–Trinajstić information content (AvgIpc) is 3.50. The Labute approximate surface area is 168 Å². The molecule has 29 heavy (non-hydrogen) atoms. The number of carbonyl (C=O) groups is 2. The molecule has 0 radical (unpaired) electrons. The third-order valence-electron chi connectivity index (χ3n) is 5.34. The Morgan fingerprint density at radius 1 is 1.31 bits per heavy atom. The van der Waals surface area contributed by atoms with Crippen LogP contribution in [-0.4, -0.2) is 33.4 Å². The molecule has 8 heteroatoms. The van der Waals surface area contributed by atoms with Gasteiger partial charge in [-0.1, -0.05) is 6.92 Å². The van der Waals surface area contributed by atoms with Crippen LogP contribution >= 0.6 is 0 Å². The van der Waals surface area contributed by atoms with Crippen molar-refractivity contribution in [3.8, 4) is 0 Å². The molecule has 1 aromatic carbocycles. The van der Waals surface area contributed by atoms with Crippen LogP contribution in [0.25, 0.3) is 11.0 Å². The van der Waals surface area contributed by atoms with Gasteiger partial charge in [0.25, 0.3) is 0 Å². The molecule has 2 amide bonds. The first-order valence-electron chi connectivity index (χ1n) is 9.68. The molecule has 0 bridgehead atoms. The van der Waals surface area contributed by atoms with Crippen molar-refractivity contribution in [1.29, 1.82) is 0 Å². The molecule has 1 aliphatic rings. The molecule has 0 unspecified atom stereocenters. The highest BCUT2D eigenvalue weighted by Gasteiger charge is 2.30. The number of anilines is 3. The lowest BCUT2D eigenvalue weighted by Crippen LogP contribution is -2.18. The maximum Gasteiger partial charge on any atom is 0.248 e. The molecule has 8 nitrogen and oxygen atoms in total. The Morgan fingerprint density at radius 2 is 2.07 bits per heavy atom. The monoisotopic (exact) mass is 392 g/mol. The number of imidazole rings is 1. The molecule has 2 aromatic heterocycles. The predicted octanol–water partition coefficient (Wildman–Crippen LogP) is 2.75. The van der Waals surface area contributed by atoms with E-state index >= 15 is 0 Å². The number of benzene rings is 1. The van der Waals surface area contributed by atoms with Gasteiger partial charge < -0.3 is 20.5 Å². The van der Waals surface area contributed by atoms with Gasteiger partial charge in [0.15, 0.2) is 5.82 Å². The maximum atomic E-state index is 12.3. The molecule has 4 rings (SSSR count). The molecule has 150 valence electrons. The number of rotatable bonds is 6. The highest BCUT2D eigenvalue weighted by molar-refractivity contribution is 6.00. The van der Waals surface area contributed by atoms with E-state index in [2.05, 4.69) is 10.3 Å². The smallest absolute Gasteiger partial charge is 0.248 e. The first-order chi connectivity index (χ1) is 13.9. The lowest BCUT2D eigenvalue weighted by molar-refractivity contribution is -0.117. The van der Waals surface area contributed by atoms with Crippen LogP contribution in [0.1, 0.15) is 35.7 Å². The highest BCUT2D eigenvalue weighted by atomic mass is 16.2. The van der Waals surface area contributed by atoms with Gasteiger partial charge in [0.2, 0.25) is 11.8 Å². The summed E-state index contributed by atoms with van der Waals surface area (Å²) >= 11 is 0. The summed E-state index contributed by atoms with van der Waals surface area (Å²) in [5, 5.41) is 2.95. The summed E-state index contributed by atoms with van der Waals surface area (Å²) in [5.41, 5.74) is 9.35. The van der Waals surface area contributed by atoms with Gasteiger partial charge in [-0.05, 0) is 43.0 Å². The predicted molar refractivity (Wildman–Crippen MR) is 112 cm³/mol. The first kappa shape index (κ1) is 18.9.